The molecule has 112 valence electrons. The molecular formula is C16H20N2O2S. The SMILES string of the molecule is CCOc1ccccc1NC(=O)CCc1sc(C)nc1C. The third kappa shape index (κ3) is 4.29. The van der Waals surface area contributed by atoms with Gasteiger partial charge in [0.15, 0.2) is 0 Å². The lowest BCUT2D eigenvalue weighted by atomic mass is 10.2. The Morgan fingerprint density at radius 3 is 2.76 bits per heavy atom. The molecule has 0 radical (unpaired) electrons. The van der Waals surface area contributed by atoms with E-state index in [1.165, 1.54) is 4.88 Å². The van der Waals surface area contributed by atoms with E-state index in [-0.39, 0.29) is 5.91 Å². The van der Waals surface area contributed by atoms with Gasteiger partial charge in [-0.2, -0.15) is 0 Å². The normalized spacial score (nSPS) is 10.4. The van der Waals surface area contributed by atoms with Gasteiger partial charge in [0.05, 0.1) is 23.0 Å². The van der Waals surface area contributed by atoms with Crippen LogP contribution in [0.25, 0.3) is 0 Å². The highest BCUT2D eigenvalue weighted by Gasteiger charge is 2.10. The third-order valence-corrected chi connectivity index (χ3v) is 4.17. The van der Waals surface area contributed by atoms with Gasteiger partial charge in [0.2, 0.25) is 5.91 Å². The summed E-state index contributed by atoms with van der Waals surface area (Å²) in [6, 6.07) is 7.49. The second-order valence-electron chi connectivity index (χ2n) is 4.72. The van der Waals surface area contributed by atoms with E-state index in [0.717, 1.165) is 22.8 Å². The fourth-order valence-electron chi connectivity index (χ4n) is 2.10. The van der Waals surface area contributed by atoms with E-state index in [0.29, 0.717) is 18.8 Å². The molecule has 21 heavy (non-hydrogen) atoms. The number of nitrogens with one attached hydrogen (secondary N) is 1. The first-order valence-corrected chi connectivity index (χ1v) is 7.86. The molecule has 0 fully saturated rings. The molecule has 2 aromatic rings. The van der Waals surface area contributed by atoms with Crippen LogP contribution in [0.5, 0.6) is 5.75 Å². The quantitative estimate of drug-likeness (QED) is 0.884. The molecule has 0 atom stereocenters. The number of anilines is 1. The molecule has 1 N–H and O–H groups in total. The van der Waals surface area contributed by atoms with Crippen molar-refractivity contribution in [1.29, 1.82) is 0 Å². The minimum absolute atomic E-state index is 0.00685. The van der Waals surface area contributed by atoms with Gasteiger partial charge in [-0.05, 0) is 39.3 Å². The maximum atomic E-state index is 12.1. The second kappa shape index (κ2) is 7.22. The predicted molar refractivity (Wildman–Crippen MR) is 86.1 cm³/mol. The Balaban J connectivity index is 1.94. The van der Waals surface area contributed by atoms with Crippen LogP contribution in [0, 0.1) is 13.8 Å². The number of ether oxygens (including phenoxy) is 1. The van der Waals surface area contributed by atoms with Crippen molar-refractivity contribution in [3.63, 3.8) is 0 Å². The number of hydrogen-bond donors (Lipinski definition) is 1. The van der Waals surface area contributed by atoms with Crippen molar-refractivity contribution in [2.45, 2.75) is 33.6 Å². The van der Waals surface area contributed by atoms with Crippen LogP contribution >= 0.6 is 11.3 Å². The van der Waals surface area contributed by atoms with Gasteiger partial charge in [-0.3, -0.25) is 4.79 Å². The molecule has 0 bridgehead atoms. The number of aromatic nitrogens is 1. The van der Waals surface area contributed by atoms with E-state index >= 15 is 0 Å². The molecule has 5 heteroatoms. The molecule has 0 aliphatic rings. The number of rotatable bonds is 6. The van der Waals surface area contributed by atoms with Crippen LogP contribution < -0.4 is 10.1 Å². The average Bonchev–Trinajstić information content (AvgIpc) is 2.77. The Labute approximate surface area is 129 Å². The van der Waals surface area contributed by atoms with Crippen molar-refractivity contribution in [3.8, 4) is 5.75 Å². The van der Waals surface area contributed by atoms with Gasteiger partial charge in [-0.1, -0.05) is 12.1 Å². The van der Waals surface area contributed by atoms with Crippen molar-refractivity contribution in [2.75, 3.05) is 11.9 Å². The molecule has 2 rings (SSSR count). The number of benzene rings is 1. The summed E-state index contributed by atoms with van der Waals surface area (Å²) in [4.78, 5) is 17.6. The maximum absolute atomic E-state index is 12.1. The molecule has 0 spiro atoms. The zero-order valence-electron chi connectivity index (χ0n) is 12.6. The molecule has 4 nitrogen and oxygen atoms in total. The smallest absolute Gasteiger partial charge is 0.224 e. The Morgan fingerprint density at radius 1 is 1.33 bits per heavy atom. The van der Waals surface area contributed by atoms with E-state index in [9.17, 15) is 4.79 Å². The highest BCUT2D eigenvalue weighted by atomic mass is 32.1. The molecular weight excluding hydrogens is 284 g/mol. The summed E-state index contributed by atoms with van der Waals surface area (Å²) in [7, 11) is 0. The Kier molecular flexibility index (Phi) is 5.33. The van der Waals surface area contributed by atoms with Crippen molar-refractivity contribution in [3.05, 3.63) is 39.8 Å². The number of nitrogens with zero attached hydrogens (tertiary/aromatic N) is 1. The van der Waals surface area contributed by atoms with E-state index in [1.54, 1.807) is 11.3 Å². The van der Waals surface area contributed by atoms with Gasteiger partial charge in [-0.15, -0.1) is 11.3 Å². The Bertz CT molecular complexity index is 622. The van der Waals surface area contributed by atoms with E-state index in [1.807, 2.05) is 45.0 Å². The number of para-hydroxylation sites is 2. The minimum Gasteiger partial charge on any atom is -0.492 e. The molecule has 0 saturated heterocycles. The monoisotopic (exact) mass is 304 g/mol. The van der Waals surface area contributed by atoms with E-state index in [2.05, 4.69) is 10.3 Å². The Morgan fingerprint density at radius 2 is 2.10 bits per heavy atom. The molecule has 0 aliphatic heterocycles. The maximum Gasteiger partial charge on any atom is 0.224 e. The molecule has 0 saturated carbocycles. The standard InChI is InChI=1S/C16H20N2O2S/c1-4-20-14-8-6-5-7-13(14)18-16(19)10-9-15-11(2)17-12(3)21-15/h5-8H,4,9-10H2,1-3H3,(H,18,19). The Hall–Kier alpha value is -1.88. The molecule has 0 aliphatic carbocycles. The number of aryl methyl sites for hydroxylation is 3. The highest BCUT2D eigenvalue weighted by Crippen LogP contribution is 2.24. The van der Waals surface area contributed by atoms with Crippen molar-refractivity contribution < 1.29 is 9.53 Å². The van der Waals surface area contributed by atoms with Gasteiger partial charge in [0.25, 0.3) is 0 Å². The number of hydrogen-bond acceptors (Lipinski definition) is 4. The van der Waals surface area contributed by atoms with E-state index in [4.69, 9.17) is 4.74 Å². The lowest BCUT2D eigenvalue weighted by Crippen LogP contribution is -2.13. The summed E-state index contributed by atoms with van der Waals surface area (Å²) in [5.41, 5.74) is 1.75. The summed E-state index contributed by atoms with van der Waals surface area (Å²) >= 11 is 1.66. The molecule has 1 heterocycles. The van der Waals surface area contributed by atoms with Crippen LogP contribution in [-0.4, -0.2) is 17.5 Å². The van der Waals surface area contributed by atoms with Crippen LogP contribution in [0.15, 0.2) is 24.3 Å². The first kappa shape index (κ1) is 15.5. The minimum atomic E-state index is -0.00685. The predicted octanol–water partition coefficient (Wildman–Crippen LogP) is 3.73. The topological polar surface area (TPSA) is 51.2 Å². The van der Waals surface area contributed by atoms with Crippen molar-refractivity contribution >= 4 is 22.9 Å². The molecule has 1 aromatic carbocycles. The number of carbonyl (C=O) groups is 1. The third-order valence-electron chi connectivity index (χ3n) is 3.04. The van der Waals surface area contributed by atoms with Gasteiger partial charge in [0, 0.05) is 11.3 Å². The van der Waals surface area contributed by atoms with Gasteiger partial charge in [0.1, 0.15) is 5.75 Å². The van der Waals surface area contributed by atoms with Crippen LogP contribution in [0.4, 0.5) is 5.69 Å². The van der Waals surface area contributed by atoms with Crippen LogP contribution in [-0.2, 0) is 11.2 Å². The first-order valence-electron chi connectivity index (χ1n) is 7.04. The fourth-order valence-corrected chi connectivity index (χ4v) is 3.03. The highest BCUT2D eigenvalue weighted by molar-refractivity contribution is 7.11. The summed E-state index contributed by atoms with van der Waals surface area (Å²) in [6.07, 6.45) is 1.17. The number of amides is 1. The lowest BCUT2D eigenvalue weighted by molar-refractivity contribution is -0.116. The number of carbonyl (C=O) groups excluding carboxylic acids is 1. The summed E-state index contributed by atoms with van der Waals surface area (Å²) in [5, 5.41) is 3.96. The zero-order valence-corrected chi connectivity index (χ0v) is 13.4. The van der Waals surface area contributed by atoms with Crippen molar-refractivity contribution in [1.82, 2.24) is 4.98 Å². The van der Waals surface area contributed by atoms with Crippen molar-refractivity contribution in [2.24, 2.45) is 0 Å². The molecule has 1 amide bonds. The van der Waals surface area contributed by atoms with Crippen LogP contribution in [0.3, 0.4) is 0 Å². The van der Waals surface area contributed by atoms with Gasteiger partial charge in [-0.25, -0.2) is 4.98 Å². The molecule has 1 aromatic heterocycles. The summed E-state index contributed by atoms with van der Waals surface area (Å²) in [5.74, 6) is 0.700. The number of thiazole rings is 1. The average molecular weight is 304 g/mol. The van der Waals surface area contributed by atoms with Crippen LogP contribution in [0.1, 0.15) is 28.9 Å². The van der Waals surface area contributed by atoms with Gasteiger partial charge >= 0.3 is 0 Å². The largest absolute Gasteiger partial charge is 0.492 e. The summed E-state index contributed by atoms with van der Waals surface area (Å²) < 4.78 is 5.50. The second-order valence-corrected chi connectivity index (χ2v) is 6.01. The molecule has 0 unspecified atom stereocenters. The zero-order chi connectivity index (χ0) is 15.2. The fraction of sp³-hybridized carbons (Fsp3) is 0.375. The van der Waals surface area contributed by atoms with E-state index < -0.39 is 0 Å². The van der Waals surface area contributed by atoms with Gasteiger partial charge < -0.3 is 10.1 Å². The first-order chi connectivity index (χ1) is 10.1. The lowest BCUT2D eigenvalue weighted by Gasteiger charge is -2.11. The summed E-state index contributed by atoms with van der Waals surface area (Å²) in [6.45, 7) is 6.47. The van der Waals surface area contributed by atoms with Crippen LogP contribution in [0.2, 0.25) is 0 Å².